The zero-order valence-electron chi connectivity index (χ0n) is 14.9. The molecule has 2 aliphatic rings. The van der Waals surface area contributed by atoms with Gasteiger partial charge in [0.15, 0.2) is 5.78 Å². The molecule has 1 fully saturated rings. The Morgan fingerprint density at radius 1 is 0.923 bits per heavy atom. The highest BCUT2D eigenvalue weighted by atomic mass is 16.7. The number of hydrogen-bond acceptors (Lipinski definition) is 4. The first kappa shape index (κ1) is 16.8. The molecule has 4 heteroatoms. The van der Waals surface area contributed by atoms with E-state index in [1.165, 1.54) is 23.4 Å². The zero-order valence-corrected chi connectivity index (χ0v) is 14.9. The van der Waals surface area contributed by atoms with Crippen molar-refractivity contribution in [1.29, 1.82) is 0 Å². The monoisotopic (exact) mass is 347 g/mol. The van der Waals surface area contributed by atoms with Crippen molar-refractivity contribution in [2.24, 2.45) is 0 Å². The molecule has 1 saturated heterocycles. The molecule has 26 heavy (non-hydrogen) atoms. The quantitative estimate of drug-likeness (QED) is 0.844. The Morgan fingerprint density at radius 2 is 1.50 bits per heavy atom. The van der Waals surface area contributed by atoms with Crippen LogP contribution in [0.15, 0.2) is 72.8 Å². The van der Waals surface area contributed by atoms with Crippen molar-refractivity contribution in [1.82, 2.24) is 0 Å². The number of ether oxygens (including phenoxy) is 2. The summed E-state index contributed by atoms with van der Waals surface area (Å²) in [6, 6.07) is 16.8. The second-order valence-corrected chi connectivity index (χ2v) is 6.77. The molecule has 0 amide bonds. The lowest BCUT2D eigenvalue weighted by atomic mass is 10.0. The molecule has 2 aromatic rings. The Labute approximate surface area is 153 Å². The molecule has 0 saturated carbocycles. The zero-order chi connectivity index (χ0) is 18.1. The molecule has 0 aromatic heterocycles. The van der Waals surface area contributed by atoms with Crippen LogP contribution >= 0.6 is 0 Å². The minimum Gasteiger partial charge on any atom is -0.378 e. The van der Waals surface area contributed by atoms with Crippen LogP contribution in [0.1, 0.15) is 11.7 Å². The van der Waals surface area contributed by atoms with Crippen molar-refractivity contribution in [2.45, 2.75) is 11.9 Å². The van der Waals surface area contributed by atoms with Gasteiger partial charge in [0.25, 0.3) is 0 Å². The third-order valence-electron chi connectivity index (χ3n) is 4.75. The summed E-state index contributed by atoms with van der Waals surface area (Å²) in [5.74, 6) is -0.949. The largest absolute Gasteiger partial charge is 0.378 e. The highest BCUT2D eigenvalue weighted by Gasteiger charge is 2.39. The number of hydrogen-bond donors (Lipinski definition) is 0. The van der Waals surface area contributed by atoms with E-state index in [-0.39, 0.29) is 11.9 Å². The summed E-state index contributed by atoms with van der Waals surface area (Å²) in [5, 5.41) is 0. The molecule has 1 heterocycles. The highest BCUT2D eigenvalue weighted by Crippen LogP contribution is 2.37. The molecular formula is C22H21NO3. The van der Waals surface area contributed by atoms with Crippen molar-refractivity contribution in [3.63, 3.8) is 0 Å². The van der Waals surface area contributed by atoms with Gasteiger partial charge in [-0.15, -0.1) is 0 Å². The van der Waals surface area contributed by atoms with Crippen molar-refractivity contribution in [3.05, 3.63) is 78.4 Å². The third kappa shape index (κ3) is 3.21. The van der Waals surface area contributed by atoms with Crippen molar-refractivity contribution in [3.8, 4) is 11.1 Å². The number of carbonyl (C=O) groups excluding carboxylic acids is 1. The normalized spacial score (nSPS) is 20.7. The van der Waals surface area contributed by atoms with Crippen LogP contribution in [0.5, 0.6) is 0 Å². The number of allylic oxidation sites excluding steroid dienone is 2. The number of rotatable bonds is 3. The fourth-order valence-electron chi connectivity index (χ4n) is 3.19. The van der Waals surface area contributed by atoms with Gasteiger partial charge in [0, 0.05) is 19.8 Å². The van der Waals surface area contributed by atoms with Gasteiger partial charge < -0.3 is 14.4 Å². The first-order valence-corrected chi connectivity index (χ1v) is 8.67. The molecule has 4 nitrogen and oxygen atoms in total. The Kier molecular flexibility index (Phi) is 4.23. The van der Waals surface area contributed by atoms with Crippen LogP contribution in [0.4, 0.5) is 5.69 Å². The molecule has 0 bridgehead atoms. The van der Waals surface area contributed by atoms with Crippen molar-refractivity contribution >= 4 is 11.5 Å². The van der Waals surface area contributed by atoms with Crippen LogP contribution in [0.25, 0.3) is 11.1 Å². The first-order valence-electron chi connectivity index (χ1n) is 8.67. The number of ketones is 1. The third-order valence-corrected chi connectivity index (χ3v) is 4.75. The molecule has 1 aliphatic carbocycles. The standard InChI is InChI=1S/C22H21NO3/c1-23(2)19-9-7-17(8-10-19)16-3-5-18(6-4-16)21-15-25-22(26-21)13-11-20(24)12-14-22/h3-14,21H,15H2,1-2H3. The maximum absolute atomic E-state index is 11.3. The molecule has 0 radical (unpaired) electrons. The minimum absolute atomic E-state index is 0.0455. The van der Waals surface area contributed by atoms with E-state index in [4.69, 9.17) is 9.47 Å². The molecule has 0 N–H and O–H groups in total. The lowest BCUT2D eigenvalue weighted by Gasteiger charge is -2.22. The summed E-state index contributed by atoms with van der Waals surface area (Å²) < 4.78 is 11.9. The van der Waals surface area contributed by atoms with E-state index >= 15 is 0 Å². The number of anilines is 1. The van der Waals surface area contributed by atoms with Crippen LogP contribution in [0, 0.1) is 0 Å². The van der Waals surface area contributed by atoms with E-state index in [1.807, 2.05) is 14.1 Å². The lowest BCUT2D eigenvalue weighted by molar-refractivity contribution is -0.113. The predicted molar refractivity (Wildman–Crippen MR) is 102 cm³/mol. The predicted octanol–water partition coefficient (Wildman–Crippen LogP) is 3.90. The molecule has 1 aliphatic heterocycles. The number of benzene rings is 2. The van der Waals surface area contributed by atoms with E-state index in [0.29, 0.717) is 6.61 Å². The van der Waals surface area contributed by atoms with Crippen LogP contribution in [0.2, 0.25) is 0 Å². The summed E-state index contributed by atoms with van der Waals surface area (Å²) >= 11 is 0. The van der Waals surface area contributed by atoms with Crippen LogP contribution < -0.4 is 4.90 Å². The smallest absolute Gasteiger partial charge is 0.209 e. The summed E-state index contributed by atoms with van der Waals surface area (Å²) in [6.07, 6.45) is 6.18. The maximum Gasteiger partial charge on any atom is 0.209 e. The first-order chi connectivity index (χ1) is 12.5. The summed E-state index contributed by atoms with van der Waals surface area (Å²) in [6.45, 7) is 0.458. The van der Waals surface area contributed by atoms with Gasteiger partial charge in [-0.05, 0) is 53.1 Å². The highest BCUT2D eigenvalue weighted by molar-refractivity contribution is 6.00. The number of carbonyl (C=O) groups is 1. The van der Waals surface area contributed by atoms with Gasteiger partial charge in [-0.1, -0.05) is 36.4 Å². The Morgan fingerprint density at radius 3 is 2.08 bits per heavy atom. The van der Waals surface area contributed by atoms with E-state index in [0.717, 1.165) is 11.1 Å². The second-order valence-electron chi connectivity index (χ2n) is 6.77. The molecular weight excluding hydrogens is 326 g/mol. The van der Waals surface area contributed by atoms with E-state index in [9.17, 15) is 4.79 Å². The average molecular weight is 347 g/mol. The molecule has 1 unspecified atom stereocenters. The van der Waals surface area contributed by atoms with Gasteiger partial charge in [-0.25, -0.2) is 0 Å². The van der Waals surface area contributed by atoms with Crippen LogP contribution in [0.3, 0.4) is 0 Å². The van der Waals surface area contributed by atoms with Gasteiger partial charge in [0.05, 0.1) is 6.61 Å². The second kappa shape index (κ2) is 6.56. The maximum atomic E-state index is 11.3. The van der Waals surface area contributed by atoms with E-state index < -0.39 is 5.79 Å². The Hall–Kier alpha value is -2.69. The molecule has 2 aromatic carbocycles. The fourth-order valence-corrected chi connectivity index (χ4v) is 3.19. The van der Waals surface area contributed by atoms with Gasteiger partial charge in [0.2, 0.25) is 5.79 Å². The Bertz CT molecular complexity index is 847. The van der Waals surface area contributed by atoms with Gasteiger partial charge in [0.1, 0.15) is 6.10 Å². The van der Waals surface area contributed by atoms with Gasteiger partial charge >= 0.3 is 0 Å². The van der Waals surface area contributed by atoms with Gasteiger partial charge in [-0.3, -0.25) is 4.79 Å². The van der Waals surface area contributed by atoms with Crippen LogP contribution in [-0.4, -0.2) is 32.3 Å². The minimum atomic E-state index is -0.904. The van der Waals surface area contributed by atoms with E-state index in [2.05, 4.69) is 53.4 Å². The SMILES string of the molecule is CN(C)c1ccc(-c2ccc(C3COC4(C=CC(=O)C=C4)O3)cc2)cc1. The summed E-state index contributed by atoms with van der Waals surface area (Å²) in [5.41, 5.74) is 4.59. The lowest BCUT2D eigenvalue weighted by Crippen LogP contribution is -2.27. The fraction of sp³-hybridized carbons (Fsp3) is 0.227. The molecule has 4 rings (SSSR count). The molecule has 1 spiro atoms. The van der Waals surface area contributed by atoms with Crippen LogP contribution in [-0.2, 0) is 14.3 Å². The topological polar surface area (TPSA) is 38.8 Å². The molecule has 132 valence electrons. The number of nitrogens with zero attached hydrogens (tertiary/aromatic N) is 1. The Balaban J connectivity index is 1.49. The average Bonchev–Trinajstić information content (AvgIpc) is 3.09. The summed E-state index contributed by atoms with van der Waals surface area (Å²) in [7, 11) is 4.07. The van der Waals surface area contributed by atoms with Crippen molar-refractivity contribution < 1.29 is 14.3 Å². The van der Waals surface area contributed by atoms with Gasteiger partial charge in [-0.2, -0.15) is 0 Å². The molecule has 1 atom stereocenters. The van der Waals surface area contributed by atoms with E-state index in [1.54, 1.807) is 12.2 Å². The summed E-state index contributed by atoms with van der Waals surface area (Å²) in [4.78, 5) is 13.4. The van der Waals surface area contributed by atoms with Crippen molar-refractivity contribution in [2.75, 3.05) is 25.6 Å².